The van der Waals surface area contributed by atoms with Crippen LogP contribution in [0.2, 0.25) is 0 Å². The molecule has 5 heteroatoms. The molecular weight excluding hydrogens is 363 g/mol. The number of piperidine rings is 1. The molecule has 0 radical (unpaired) electrons. The number of rotatable bonds is 7. The van der Waals surface area contributed by atoms with Crippen molar-refractivity contribution in [2.24, 2.45) is 0 Å². The molecule has 1 aromatic heterocycles. The van der Waals surface area contributed by atoms with Gasteiger partial charge in [0.1, 0.15) is 12.1 Å². The van der Waals surface area contributed by atoms with Crippen LogP contribution in [-0.4, -0.2) is 39.3 Å². The highest BCUT2D eigenvalue weighted by Crippen LogP contribution is 2.24. The van der Waals surface area contributed by atoms with Crippen LogP contribution in [-0.2, 0) is 6.42 Å². The fraction of sp³-hybridized carbons (Fsp3) is 0.417. The van der Waals surface area contributed by atoms with Crippen LogP contribution in [0.1, 0.15) is 55.1 Å². The highest BCUT2D eigenvalue weighted by molar-refractivity contribution is 5.20. The Morgan fingerprint density at radius 1 is 1.03 bits per heavy atom. The van der Waals surface area contributed by atoms with Crippen molar-refractivity contribution in [3.8, 4) is 0 Å². The number of aromatic nitrogens is 3. The molecular formula is C24H29FN4. The Hall–Kier alpha value is -2.53. The van der Waals surface area contributed by atoms with Crippen LogP contribution in [0, 0.1) is 5.82 Å². The topological polar surface area (TPSA) is 34.0 Å². The predicted molar refractivity (Wildman–Crippen MR) is 113 cm³/mol. The largest absolute Gasteiger partial charge is 0.303 e. The van der Waals surface area contributed by atoms with Crippen LogP contribution in [0.15, 0.2) is 60.9 Å². The normalized spacial score (nSPS) is 16.8. The monoisotopic (exact) mass is 392 g/mol. The zero-order chi connectivity index (χ0) is 20.1. The van der Waals surface area contributed by atoms with Gasteiger partial charge < -0.3 is 4.90 Å². The molecule has 0 spiro atoms. The summed E-state index contributed by atoms with van der Waals surface area (Å²) in [5.74, 6) is 1.19. The average Bonchev–Trinajstić information content (AvgIpc) is 3.23. The van der Waals surface area contributed by atoms with Crippen molar-refractivity contribution >= 4 is 0 Å². The smallest absolute Gasteiger partial charge is 0.154 e. The number of halogens is 1. The first kappa shape index (κ1) is 19.8. The molecule has 1 saturated heterocycles. The number of hydrogen-bond donors (Lipinski definition) is 0. The minimum Gasteiger partial charge on any atom is -0.303 e. The maximum absolute atomic E-state index is 13.1. The highest BCUT2D eigenvalue weighted by atomic mass is 19.1. The molecule has 3 aromatic rings. The van der Waals surface area contributed by atoms with Crippen molar-refractivity contribution in [3.63, 3.8) is 0 Å². The Morgan fingerprint density at radius 3 is 2.48 bits per heavy atom. The Morgan fingerprint density at radius 2 is 1.76 bits per heavy atom. The van der Waals surface area contributed by atoms with E-state index in [0.717, 1.165) is 43.9 Å². The fourth-order valence-corrected chi connectivity index (χ4v) is 4.08. The molecule has 0 aliphatic carbocycles. The van der Waals surface area contributed by atoms with Gasteiger partial charge in [-0.2, -0.15) is 5.10 Å². The first-order chi connectivity index (χ1) is 14.2. The number of nitrogens with zero attached hydrogens (tertiary/aromatic N) is 4. The van der Waals surface area contributed by atoms with E-state index in [1.54, 1.807) is 12.1 Å². The summed E-state index contributed by atoms with van der Waals surface area (Å²) in [5.41, 5.74) is 2.46. The number of likely N-dealkylation sites (tertiary alicyclic amines) is 1. The summed E-state index contributed by atoms with van der Waals surface area (Å²) >= 11 is 0. The maximum atomic E-state index is 13.1. The standard InChI is InChI=1S/C24H29FN4/c1-19(21-5-3-2-4-6-21)11-14-28-15-12-23(13-16-28)29-18-26-24(27-29)17-20-7-9-22(25)10-8-20/h2-10,18-19,23H,11-17H2,1H3. The summed E-state index contributed by atoms with van der Waals surface area (Å²) in [6, 6.07) is 17.8. The summed E-state index contributed by atoms with van der Waals surface area (Å²) in [5, 5.41) is 4.68. The van der Waals surface area contributed by atoms with Crippen molar-refractivity contribution in [1.29, 1.82) is 0 Å². The van der Waals surface area contributed by atoms with E-state index in [2.05, 4.69) is 52.2 Å². The molecule has 1 fully saturated rings. The van der Waals surface area contributed by atoms with Crippen molar-refractivity contribution in [2.75, 3.05) is 19.6 Å². The van der Waals surface area contributed by atoms with E-state index in [9.17, 15) is 4.39 Å². The third-order valence-corrected chi connectivity index (χ3v) is 6.01. The second-order valence-corrected chi connectivity index (χ2v) is 8.12. The molecule has 152 valence electrons. The van der Waals surface area contributed by atoms with Gasteiger partial charge in [0.15, 0.2) is 5.82 Å². The van der Waals surface area contributed by atoms with Crippen molar-refractivity contribution < 1.29 is 4.39 Å². The Balaban J connectivity index is 1.24. The molecule has 1 aliphatic heterocycles. The van der Waals surface area contributed by atoms with Crippen LogP contribution >= 0.6 is 0 Å². The molecule has 29 heavy (non-hydrogen) atoms. The van der Waals surface area contributed by atoms with Crippen LogP contribution in [0.4, 0.5) is 4.39 Å². The molecule has 0 N–H and O–H groups in total. The lowest BCUT2D eigenvalue weighted by molar-refractivity contribution is 0.175. The van der Waals surface area contributed by atoms with Gasteiger partial charge in [-0.1, -0.05) is 49.4 Å². The third kappa shape index (κ3) is 5.30. The summed E-state index contributed by atoms with van der Waals surface area (Å²) in [7, 11) is 0. The summed E-state index contributed by atoms with van der Waals surface area (Å²) < 4.78 is 15.1. The van der Waals surface area contributed by atoms with Gasteiger partial charge in [0.25, 0.3) is 0 Å². The molecule has 0 bridgehead atoms. The van der Waals surface area contributed by atoms with Crippen molar-refractivity contribution in [1.82, 2.24) is 19.7 Å². The maximum Gasteiger partial charge on any atom is 0.154 e. The third-order valence-electron chi connectivity index (χ3n) is 6.01. The van der Waals surface area contributed by atoms with E-state index in [0.29, 0.717) is 18.4 Å². The summed E-state index contributed by atoms with van der Waals surface area (Å²) in [6.45, 7) is 5.69. The summed E-state index contributed by atoms with van der Waals surface area (Å²) in [4.78, 5) is 7.04. The number of hydrogen-bond acceptors (Lipinski definition) is 3. The Bertz CT molecular complexity index is 883. The van der Waals surface area contributed by atoms with Crippen LogP contribution in [0.5, 0.6) is 0 Å². The number of benzene rings is 2. The van der Waals surface area contributed by atoms with Crippen LogP contribution in [0.25, 0.3) is 0 Å². The van der Waals surface area contributed by atoms with Crippen molar-refractivity contribution in [3.05, 3.63) is 83.7 Å². The van der Waals surface area contributed by atoms with Gasteiger partial charge >= 0.3 is 0 Å². The van der Waals surface area contributed by atoms with E-state index >= 15 is 0 Å². The molecule has 1 atom stereocenters. The SMILES string of the molecule is CC(CCN1CCC(n2cnc(Cc3ccc(F)cc3)n2)CC1)c1ccccc1. The second kappa shape index (κ2) is 9.31. The molecule has 2 heterocycles. The Kier molecular flexibility index (Phi) is 6.35. The minimum absolute atomic E-state index is 0.211. The van der Waals surface area contributed by atoms with Gasteiger partial charge in [0.2, 0.25) is 0 Å². The van der Waals surface area contributed by atoms with Gasteiger partial charge in [-0.15, -0.1) is 0 Å². The lowest BCUT2D eigenvalue weighted by atomic mass is 9.97. The predicted octanol–water partition coefficient (Wildman–Crippen LogP) is 4.84. The molecule has 1 aliphatic rings. The van der Waals surface area contributed by atoms with E-state index < -0.39 is 0 Å². The van der Waals surface area contributed by atoms with Gasteiger partial charge in [0, 0.05) is 19.5 Å². The molecule has 4 rings (SSSR count). The quantitative estimate of drug-likeness (QED) is 0.577. The Labute approximate surface area is 172 Å². The summed E-state index contributed by atoms with van der Waals surface area (Å²) in [6.07, 6.45) is 5.91. The molecule has 0 amide bonds. The van der Waals surface area contributed by atoms with Gasteiger partial charge in [-0.25, -0.2) is 14.1 Å². The fourth-order valence-electron chi connectivity index (χ4n) is 4.08. The zero-order valence-corrected chi connectivity index (χ0v) is 17.0. The van der Waals surface area contributed by atoms with E-state index in [1.165, 1.54) is 24.1 Å². The first-order valence-electron chi connectivity index (χ1n) is 10.6. The van der Waals surface area contributed by atoms with Crippen LogP contribution in [0.3, 0.4) is 0 Å². The van der Waals surface area contributed by atoms with E-state index in [4.69, 9.17) is 0 Å². The second-order valence-electron chi connectivity index (χ2n) is 8.12. The van der Waals surface area contributed by atoms with Gasteiger partial charge in [-0.3, -0.25) is 0 Å². The van der Waals surface area contributed by atoms with E-state index in [1.807, 2.05) is 11.0 Å². The lowest BCUT2D eigenvalue weighted by Gasteiger charge is -2.32. The molecule has 2 aromatic carbocycles. The zero-order valence-electron chi connectivity index (χ0n) is 17.0. The highest BCUT2D eigenvalue weighted by Gasteiger charge is 2.22. The molecule has 4 nitrogen and oxygen atoms in total. The minimum atomic E-state index is -0.211. The first-order valence-corrected chi connectivity index (χ1v) is 10.6. The van der Waals surface area contributed by atoms with Gasteiger partial charge in [0.05, 0.1) is 6.04 Å². The lowest BCUT2D eigenvalue weighted by Crippen LogP contribution is -2.35. The average molecular weight is 393 g/mol. The van der Waals surface area contributed by atoms with Crippen LogP contribution < -0.4 is 0 Å². The van der Waals surface area contributed by atoms with Crippen molar-refractivity contribution in [2.45, 2.75) is 44.6 Å². The van der Waals surface area contributed by atoms with E-state index in [-0.39, 0.29) is 5.82 Å². The molecule has 0 saturated carbocycles. The van der Waals surface area contributed by atoms with Gasteiger partial charge in [-0.05, 0) is 55.0 Å². The molecule has 1 unspecified atom stereocenters.